The lowest BCUT2D eigenvalue weighted by atomic mass is 9.65. The molecule has 0 atom stereocenters. The number of hydrogen-bond acceptors (Lipinski definition) is 9. The van der Waals surface area contributed by atoms with E-state index in [1.165, 1.54) is 16.9 Å². The highest BCUT2D eigenvalue weighted by molar-refractivity contribution is 7.88. The zero-order valence-corrected chi connectivity index (χ0v) is 26.1. The lowest BCUT2D eigenvalue weighted by Gasteiger charge is -2.46. The number of amides is 1. The van der Waals surface area contributed by atoms with Crippen molar-refractivity contribution in [2.24, 2.45) is 5.41 Å². The van der Waals surface area contributed by atoms with E-state index < -0.39 is 22.6 Å². The number of carbonyl (C=O) groups excluding carboxylic acids is 1. The predicted octanol–water partition coefficient (Wildman–Crippen LogP) is 3.57. The average Bonchev–Trinajstić information content (AvgIpc) is 3.56. The van der Waals surface area contributed by atoms with Gasteiger partial charge in [-0.1, -0.05) is 0 Å². The zero-order valence-electron chi connectivity index (χ0n) is 24.4. The third-order valence-corrected chi connectivity index (χ3v) is 11.2. The highest BCUT2D eigenvalue weighted by Crippen LogP contribution is 2.50. The normalized spacial score (nSPS) is 23.3. The van der Waals surface area contributed by atoms with Crippen LogP contribution in [-0.4, -0.2) is 104 Å². The first-order valence-electron chi connectivity index (χ1n) is 14.7. The van der Waals surface area contributed by atoms with Gasteiger partial charge in [-0.3, -0.25) is 9.69 Å². The number of sulfonamides is 1. The molecule has 1 spiro atoms. The second-order valence-corrected chi connectivity index (χ2v) is 15.3. The minimum absolute atomic E-state index is 0.144. The minimum Gasteiger partial charge on any atom is -0.382 e. The molecule has 0 unspecified atom stereocenters. The van der Waals surface area contributed by atoms with E-state index in [-0.39, 0.29) is 16.2 Å². The number of piperazine rings is 1. The number of aromatic nitrogens is 2. The Hall–Kier alpha value is -3.01. The van der Waals surface area contributed by atoms with Gasteiger partial charge in [0.25, 0.3) is 5.91 Å². The molecule has 0 bridgehead atoms. The van der Waals surface area contributed by atoms with Crippen LogP contribution in [0.1, 0.15) is 34.5 Å². The second kappa shape index (κ2) is 12.1. The van der Waals surface area contributed by atoms with Crippen LogP contribution in [0, 0.1) is 5.41 Å². The van der Waals surface area contributed by atoms with E-state index >= 15 is 0 Å². The summed E-state index contributed by atoms with van der Waals surface area (Å²) in [6.07, 6.45) is 0.437. The van der Waals surface area contributed by atoms with Crippen LogP contribution < -0.4 is 15.5 Å². The molecule has 2 aromatic heterocycles. The summed E-state index contributed by atoms with van der Waals surface area (Å²) in [4.78, 5) is 26.5. The van der Waals surface area contributed by atoms with Crippen molar-refractivity contribution in [1.82, 2.24) is 24.5 Å². The number of thiophene rings is 1. The van der Waals surface area contributed by atoms with E-state index in [1.807, 2.05) is 24.3 Å². The molecule has 1 aliphatic carbocycles. The Kier molecular flexibility index (Phi) is 8.50. The van der Waals surface area contributed by atoms with Gasteiger partial charge in [0.1, 0.15) is 17.0 Å². The van der Waals surface area contributed by atoms with Gasteiger partial charge in [0.15, 0.2) is 0 Å². The van der Waals surface area contributed by atoms with E-state index in [4.69, 9.17) is 0 Å². The SMILES string of the molecule is CS(=O)(=O)N1CCN(CCNC(=O)c2ccc(NC3CC4(CCN(c5ncnc6sc(CC(F)(F)F)cc56)C4)C3)cc2)CC1. The largest absolute Gasteiger partial charge is 0.393 e. The monoisotopic (exact) mass is 651 g/mol. The van der Waals surface area contributed by atoms with Crippen molar-refractivity contribution in [2.45, 2.75) is 37.9 Å². The average molecular weight is 652 g/mol. The van der Waals surface area contributed by atoms with Crippen LogP contribution >= 0.6 is 11.3 Å². The molecule has 10 nitrogen and oxygen atoms in total. The molecule has 3 fully saturated rings. The third kappa shape index (κ3) is 7.11. The number of carbonyl (C=O) groups is 1. The highest BCUT2D eigenvalue weighted by Gasteiger charge is 2.49. The van der Waals surface area contributed by atoms with Crippen LogP contribution in [0.25, 0.3) is 10.2 Å². The van der Waals surface area contributed by atoms with Crippen LogP contribution in [0.4, 0.5) is 24.7 Å². The van der Waals surface area contributed by atoms with Gasteiger partial charge in [0, 0.05) is 74.5 Å². The van der Waals surface area contributed by atoms with Gasteiger partial charge in [0.2, 0.25) is 10.0 Å². The quantitative estimate of drug-likeness (QED) is 0.362. The lowest BCUT2D eigenvalue weighted by molar-refractivity contribution is -0.126. The Bertz CT molecular complexity index is 1600. The third-order valence-electron chi connectivity index (χ3n) is 8.86. The molecule has 6 rings (SSSR count). The number of nitrogens with zero attached hydrogens (tertiary/aromatic N) is 5. The zero-order chi connectivity index (χ0) is 31.1. The van der Waals surface area contributed by atoms with E-state index in [0.717, 1.165) is 55.2 Å². The summed E-state index contributed by atoms with van der Waals surface area (Å²) in [6.45, 7) is 5.01. The maximum atomic E-state index is 12.9. The van der Waals surface area contributed by atoms with Crippen molar-refractivity contribution in [3.05, 3.63) is 47.1 Å². The Morgan fingerprint density at radius 1 is 1.09 bits per heavy atom. The Labute approximate surface area is 258 Å². The van der Waals surface area contributed by atoms with E-state index in [9.17, 15) is 26.4 Å². The van der Waals surface area contributed by atoms with E-state index in [1.54, 1.807) is 6.07 Å². The Morgan fingerprint density at radius 2 is 1.82 bits per heavy atom. The first-order valence-corrected chi connectivity index (χ1v) is 17.4. The summed E-state index contributed by atoms with van der Waals surface area (Å²) in [5.74, 6) is 0.575. The van der Waals surface area contributed by atoms with Crippen molar-refractivity contribution < 1.29 is 26.4 Å². The van der Waals surface area contributed by atoms with Gasteiger partial charge in [-0.2, -0.15) is 17.5 Å². The number of rotatable bonds is 9. The number of nitrogens with one attached hydrogen (secondary N) is 2. The van der Waals surface area contributed by atoms with Gasteiger partial charge in [-0.15, -0.1) is 11.3 Å². The first kappa shape index (κ1) is 31.0. The van der Waals surface area contributed by atoms with Crippen molar-refractivity contribution in [2.75, 3.05) is 68.8 Å². The molecule has 4 heterocycles. The Balaban J connectivity index is 0.952. The number of fused-ring (bicyclic) bond motifs is 1. The number of hydrogen-bond donors (Lipinski definition) is 2. The van der Waals surface area contributed by atoms with Crippen molar-refractivity contribution >= 4 is 49.0 Å². The van der Waals surface area contributed by atoms with Gasteiger partial charge in [-0.25, -0.2) is 18.4 Å². The topological polar surface area (TPSA) is 111 Å². The molecule has 2 N–H and O–H groups in total. The van der Waals surface area contributed by atoms with Crippen LogP contribution in [0.15, 0.2) is 36.7 Å². The van der Waals surface area contributed by atoms with Gasteiger partial charge in [0.05, 0.1) is 18.1 Å². The number of halogens is 3. The van der Waals surface area contributed by atoms with Crippen LogP contribution in [0.5, 0.6) is 0 Å². The summed E-state index contributed by atoms with van der Waals surface area (Å²) in [7, 11) is -3.16. The van der Waals surface area contributed by atoms with Gasteiger partial charge in [-0.05, 0) is 55.0 Å². The Morgan fingerprint density at radius 3 is 2.50 bits per heavy atom. The van der Waals surface area contributed by atoms with Crippen LogP contribution in [-0.2, 0) is 16.4 Å². The number of benzene rings is 1. The molecule has 1 saturated carbocycles. The molecule has 15 heteroatoms. The van der Waals surface area contributed by atoms with Crippen molar-refractivity contribution in [3.63, 3.8) is 0 Å². The number of alkyl halides is 3. The number of anilines is 2. The van der Waals surface area contributed by atoms with E-state index in [0.29, 0.717) is 61.1 Å². The lowest BCUT2D eigenvalue weighted by Crippen LogP contribution is -2.49. The summed E-state index contributed by atoms with van der Waals surface area (Å²) in [5.41, 5.74) is 1.68. The summed E-state index contributed by atoms with van der Waals surface area (Å²) in [6, 6.07) is 9.34. The standard InChI is InChI=1S/C29H36F3N7O3S2/c1-44(41,42)39-12-10-37(11-13-39)9-7-33-26(40)20-2-4-21(5-3-20)36-22-15-28(16-22)6-8-38(18-28)25-24-14-23(17-29(30,31)32)43-27(24)35-19-34-25/h2-5,14,19,22,36H,6-13,15-18H2,1H3,(H,33,40). The van der Waals surface area contributed by atoms with Crippen molar-refractivity contribution in [1.29, 1.82) is 0 Å². The molecule has 2 aliphatic heterocycles. The van der Waals surface area contributed by atoms with Gasteiger partial charge >= 0.3 is 6.18 Å². The molecular weight excluding hydrogens is 615 g/mol. The fourth-order valence-electron chi connectivity index (χ4n) is 6.63. The first-order chi connectivity index (χ1) is 20.9. The van der Waals surface area contributed by atoms with Crippen LogP contribution in [0.3, 0.4) is 0 Å². The highest BCUT2D eigenvalue weighted by atomic mass is 32.2. The maximum Gasteiger partial charge on any atom is 0.393 e. The summed E-state index contributed by atoms with van der Waals surface area (Å²) < 4.78 is 63.6. The molecule has 3 aliphatic rings. The molecular formula is C29H36F3N7O3S2. The predicted molar refractivity (Wildman–Crippen MR) is 165 cm³/mol. The summed E-state index contributed by atoms with van der Waals surface area (Å²) >= 11 is 1.08. The summed E-state index contributed by atoms with van der Waals surface area (Å²) in [5, 5.41) is 7.21. The fraction of sp³-hybridized carbons (Fsp3) is 0.552. The molecule has 3 aromatic rings. The molecule has 1 amide bonds. The molecule has 44 heavy (non-hydrogen) atoms. The molecule has 2 saturated heterocycles. The minimum atomic E-state index is -4.26. The second-order valence-electron chi connectivity index (χ2n) is 12.2. The smallest absolute Gasteiger partial charge is 0.382 e. The maximum absolute atomic E-state index is 12.9. The van der Waals surface area contributed by atoms with Crippen molar-refractivity contribution in [3.8, 4) is 0 Å². The fourth-order valence-corrected chi connectivity index (χ4v) is 8.48. The van der Waals surface area contributed by atoms with E-state index in [2.05, 4.69) is 30.4 Å². The molecule has 238 valence electrons. The van der Waals surface area contributed by atoms with Gasteiger partial charge < -0.3 is 15.5 Å². The molecule has 1 aromatic carbocycles. The molecule has 0 radical (unpaired) electrons. The van der Waals surface area contributed by atoms with Crippen LogP contribution in [0.2, 0.25) is 0 Å².